The number of nitrogens with zero attached hydrogens (tertiary/aromatic N) is 2. The van der Waals surface area contributed by atoms with Crippen molar-refractivity contribution in [1.82, 2.24) is 15.1 Å². The summed E-state index contributed by atoms with van der Waals surface area (Å²) < 4.78 is 1.34. The normalized spacial score (nSPS) is 12.1. The SMILES string of the molecule is CCCCn1nc(C(=O)NCC(CC)CCO)ccc1=O. The number of hydrogen-bond acceptors (Lipinski definition) is 4. The first-order chi connectivity index (χ1) is 10.1. The van der Waals surface area contributed by atoms with E-state index in [-0.39, 0.29) is 29.7 Å². The summed E-state index contributed by atoms with van der Waals surface area (Å²) in [7, 11) is 0. The second kappa shape index (κ2) is 9.28. The molecule has 1 aromatic heterocycles. The van der Waals surface area contributed by atoms with E-state index in [0.29, 0.717) is 19.5 Å². The molecule has 1 heterocycles. The number of unbranched alkanes of at least 4 members (excludes halogenated alkanes) is 1. The van der Waals surface area contributed by atoms with Crippen molar-refractivity contribution >= 4 is 5.91 Å². The Morgan fingerprint density at radius 2 is 2.19 bits per heavy atom. The lowest BCUT2D eigenvalue weighted by Gasteiger charge is -2.14. The summed E-state index contributed by atoms with van der Waals surface area (Å²) in [6, 6.07) is 2.83. The van der Waals surface area contributed by atoms with Crippen molar-refractivity contribution in [2.24, 2.45) is 5.92 Å². The molecule has 1 aromatic rings. The molecule has 0 aliphatic heterocycles. The van der Waals surface area contributed by atoms with E-state index in [1.54, 1.807) is 0 Å². The van der Waals surface area contributed by atoms with E-state index in [2.05, 4.69) is 10.4 Å². The molecule has 0 radical (unpaired) electrons. The molecule has 2 N–H and O–H groups in total. The molecule has 0 aliphatic rings. The van der Waals surface area contributed by atoms with Crippen molar-refractivity contribution in [3.8, 4) is 0 Å². The Balaban J connectivity index is 2.67. The van der Waals surface area contributed by atoms with Gasteiger partial charge in [0.15, 0.2) is 0 Å². The van der Waals surface area contributed by atoms with Crippen molar-refractivity contribution in [1.29, 1.82) is 0 Å². The van der Waals surface area contributed by atoms with E-state index < -0.39 is 0 Å². The summed E-state index contributed by atoms with van der Waals surface area (Å²) in [5, 5.41) is 15.8. The smallest absolute Gasteiger partial charge is 0.271 e. The standard InChI is InChI=1S/C15H25N3O3/c1-3-5-9-18-14(20)7-6-13(17-18)15(21)16-11-12(4-2)8-10-19/h6-7,12,19H,3-5,8-11H2,1-2H3,(H,16,21). The average molecular weight is 295 g/mol. The minimum atomic E-state index is -0.281. The summed E-state index contributed by atoms with van der Waals surface area (Å²) in [6.45, 7) is 5.21. The highest BCUT2D eigenvalue weighted by atomic mass is 16.3. The number of aromatic nitrogens is 2. The van der Waals surface area contributed by atoms with Gasteiger partial charge in [-0.2, -0.15) is 5.10 Å². The molecule has 0 aliphatic carbocycles. The molecule has 6 nitrogen and oxygen atoms in total. The summed E-state index contributed by atoms with van der Waals surface area (Å²) >= 11 is 0. The molecular weight excluding hydrogens is 270 g/mol. The molecule has 118 valence electrons. The van der Waals surface area contributed by atoms with Crippen LogP contribution >= 0.6 is 0 Å². The van der Waals surface area contributed by atoms with Crippen LogP contribution in [0.4, 0.5) is 0 Å². The molecule has 0 spiro atoms. The van der Waals surface area contributed by atoms with Crippen molar-refractivity contribution < 1.29 is 9.90 Å². The van der Waals surface area contributed by atoms with E-state index in [1.165, 1.54) is 16.8 Å². The van der Waals surface area contributed by atoms with Gasteiger partial charge in [0.2, 0.25) is 0 Å². The zero-order valence-corrected chi connectivity index (χ0v) is 12.8. The fourth-order valence-electron chi connectivity index (χ4n) is 2.00. The summed E-state index contributed by atoms with van der Waals surface area (Å²) in [5.41, 5.74) is 0.0660. The molecule has 1 atom stereocenters. The maximum absolute atomic E-state index is 12.1. The molecule has 0 saturated heterocycles. The predicted molar refractivity (Wildman–Crippen MR) is 81.2 cm³/mol. The van der Waals surface area contributed by atoms with Crippen molar-refractivity contribution in [2.45, 2.75) is 46.1 Å². The Kier molecular flexibility index (Phi) is 7.68. The van der Waals surface area contributed by atoms with E-state index in [9.17, 15) is 9.59 Å². The summed E-state index contributed by atoms with van der Waals surface area (Å²) in [4.78, 5) is 23.7. The number of nitrogens with one attached hydrogen (secondary N) is 1. The van der Waals surface area contributed by atoms with E-state index >= 15 is 0 Å². The van der Waals surface area contributed by atoms with Gasteiger partial charge in [0, 0.05) is 25.8 Å². The lowest BCUT2D eigenvalue weighted by Crippen LogP contribution is -2.32. The van der Waals surface area contributed by atoms with Gasteiger partial charge < -0.3 is 10.4 Å². The molecule has 6 heteroatoms. The van der Waals surface area contributed by atoms with Crippen LogP contribution < -0.4 is 10.9 Å². The zero-order valence-electron chi connectivity index (χ0n) is 12.8. The first-order valence-electron chi connectivity index (χ1n) is 7.59. The maximum atomic E-state index is 12.1. The van der Waals surface area contributed by atoms with Crippen LogP contribution in [0.25, 0.3) is 0 Å². The Hall–Kier alpha value is -1.69. The van der Waals surface area contributed by atoms with Crippen LogP contribution in [0, 0.1) is 5.92 Å². The van der Waals surface area contributed by atoms with Crippen LogP contribution in [-0.4, -0.2) is 33.9 Å². The highest BCUT2D eigenvalue weighted by molar-refractivity contribution is 5.91. The third-order valence-electron chi connectivity index (χ3n) is 3.49. The summed E-state index contributed by atoms with van der Waals surface area (Å²) in [6.07, 6.45) is 3.38. The number of hydrogen-bond donors (Lipinski definition) is 2. The van der Waals surface area contributed by atoms with Crippen molar-refractivity contribution in [2.75, 3.05) is 13.2 Å². The molecule has 1 amide bonds. The van der Waals surface area contributed by atoms with Gasteiger partial charge in [-0.25, -0.2) is 4.68 Å². The van der Waals surface area contributed by atoms with Crippen LogP contribution in [0.15, 0.2) is 16.9 Å². The van der Waals surface area contributed by atoms with E-state index in [4.69, 9.17) is 5.11 Å². The number of carbonyl (C=O) groups excluding carboxylic acids is 1. The van der Waals surface area contributed by atoms with Gasteiger partial charge >= 0.3 is 0 Å². The molecular formula is C15H25N3O3. The van der Waals surface area contributed by atoms with Gasteiger partial charge in [0.05, 0.1) is 0 Å². The van der Waals surface area contributed by atoms with Gasteiger partial charge in [-0.05, 0) is 24.8 Å². The Morgan fingerprint density at radius 1 is 1.43 bits per heavy atom. The topological polar surface area (TPSA) is 84.2 Å². The second-order valence-corrected chi connectivity index (χ2v) is 5.13. The quantitative estimate of drug-likeness (QED) is 0.716. The monoisotopic (exact) mass is 295 g/mol. The fourth-order valence-corrected chi connectivity index (χ4v) is 2.00. The number of aliphatic hydroxyl groups excluding tert-OH is 1. The lowest BCUT2D eigenvalue weighted by atomic mass is 10.0. The van der Waals surface area contributed by atoms with E-state index in [0.717, 1.165) is 19.3 Å². The second-order valence-electron chi connectivity index (χ2n) is 5.13. The molecule has 0 fully saturated rings. The Bertz CT molecular complexity index is 499. The number of rotatable bonds is 9. The Labute approximate surface area is 125 Å². The third-order valence-corrected chi connectivity index (χ3v) is 3.49. The number of aryl methyl sites for hydroxylation is 1. The van der Waals surface area contributed by atoms with Crippen LogP contribution in [0.5, 0.6) is 0 Å². The van der Waals surface area contributed by atoms with E-state index in [1.807, 2.05) is 13.8 Å². The van der Waals surface area contributed by atoms with Gasteiger partial charge in [0.1, 0.15) is 5.69 Å². The molecule has 0 aromatic carbocycles. The zero-order chi connectivity index (χ0) is 15.7. The van der Waals surface area contributed by atoms with Crippen LogP contribution in [0.1, 0.15) is 50.0 Å². The fraction of sp³-hybridized carbons (Fsp3) is 0.667. The van der Waals surface area contributed by atoms with Crippen LogP contribution in [0.2, 0.25) is 0 Å². The van der Waals surface area contributed by atoms with Crippen LogP contribution in [-0.2, 0) is 6.54 Å². The van der Waals surface area contributed by atoms with Gasteiger partial charge in [-0.15, -0.1) is 0 Å². The van der Waals surface area contributed by atoms with Gasteiger partial charge in [0.25, 0.3) is 11.5 Å². The molecule has 1 rings (SSSR count). The molecule has 0 saturated carbocycles. The third kappa shape index (κ3) is 5.67. The number of aliphatic hydroxyl groups is 1. The number of carbonyl (C=O) groups is 1. The highest BCUT2D eigenvalue weighted by Gasteiger charge is 2.12. The predicted octanol–water partition coefficient (Wildman–Crippen LogP) is 1.18. The molecule has 0 bridgehead atoms. The van der Waals surface area contributed by atoms with Crippen molar-refractivity contribution in [3.05, 3.63) is 28.2 Å². The first kappa shape index (κ1) is 17.4. The molecule has 21 heavy (non-hydrogen) atoms. The first-order valence-corrected chi connectivity index (χ1v) is 7.59. The minimum Gasteiger partial charge on any atom is -0.396 e. The maximum Gasteiger partial charge on any atom is 0.271 e. The van der Waals surface area contributed by atoms with Gasteiger partial charge in [-0.1, -0.05) is 26.7 Å². The van der Waals surface area contributed by atoms with Gasteiger partial charge in [-0.3, -0.25) is 9.59 Å². The molecule has 1 unspecified atom stereocenters. The van der Waals surface area contributed by atoms with Crippen LogP contribution in [0.3, 0.4) is 0 Å². The lowest BCUT2D eigenvalue weighted by molar-refractivity contribution is 0.0936. The minimum absolute atomic E-state index is 0.120. The summed E-state index contributed by atoms with van der Waals surface area (Å²) in [5.74, 6) is -0.0263. The largest absolute Gasteiger partial charge is 0.396 e. The highest BCUT2D eigenvalue weighted by Crippen LogP contribution is 2.06. The van der Waals surface area contributed by atoms with Crippen molar-refractivity contribution in [3.63, 3.8) is 0 Å². The average Bonchev–Trinajstić information content (AvgIpc) is 2.50. The Morgan fingerprint density at radius 3 is 2.81 bits per heavy atom. The number of amides is 1.